The summed E-state index contributed by atoms with van der Waals surface area (Å²) in [6, 6.07) is 38.9. The lowest BCUT2D eigenvalue weighted by Crippen LogP contribution is -2.03. The first-order valence-corrected chi connectivity index (χ1v) is 15.1. The smallest absolute Gasteiger partial charge is 0.234 e. The molecule has 47 heavy (non-hydrogen) atoms. The van der Waals surface area contributed by atoms with Gasteiger partial charge in [0.2, 0.25) is 5.95 Å². The van der Waals surface area contributed by atoms with E-state index in [0.717, 1.165) is 44.3 Å². The summed E-state index contributed by atoms with van der Waals surface area (Å²) in [6.07, 6.45) is 4.91. The van der Waals surface area contributed by atoms with E-state index in [1.807, 2.05) is 126 Å². The quantitative estimate of drug-likeness (QED) is 0.178. The summed E-state index contributed by atoms with van der Waals surface area (Å²) in [7, 11) is 0. The highest BCUT2D eigenvalue weighted by Gasteiger charge is 2.17. The molecule has 4 aromatic carbocycles. The van der Waals surface area contributed by atoms with E-state index in [9.17, 15) is 0 Å². The molecule has 0 spiro atoms. The lowest BCUT2D eigenvalue weighted by Gasteiger charge is -2.11. The van der Waals surface area contributed by atoms with Gasteiger partial charge in [-0.1, -0.05) is 36.4 Å². The van der Waals surface area contributed by atoms with Crippen LogP contribution in [0.25, 0.3) is 50.3 Å². The van der Waals surface area contributed by atoms with Gasteiger partial charge < -0.3 is 9.47 Å². The minimum Gasteiger partial charge on any atom is -0.457 e. The summed E-state index contributed by atoms with van der Waals surface area (Å²) in [5.74, 6) is 2.87. The Bertz CT molecular complexity index is 2360. The molecular formula is C40H29N5O2. The predicted molar refractivity (Wildman–Crippen MR) is 185 cm³/mol. The Morgan fingerprint density at radius 1 is 0.574 bits per heavy atom. The fraction of sp³-hybridized carbons (Fsp3) is 0.0500. The Hall–Kier alpha value is -6.34. The number of benzene rings is 4. The van der Waals surface area contributed by atoms with Crippen LogP contribution in [0.15, 0.2) is 140 Å². The van der Waals surface area contributed by atoms with Gasteiger partial charge in [0.1, 0.15) is 23.0 Å². The van der Waals surface area contributed by atoms with Crippen molar-refractivity contribution in [3.63, 3.8) is 0 Å². The van der Waals surface area contributed by atoms with E-state index in [0.29, 0.717) is 34.6 Å². The molecule has 0 unspecified atom stereocenters. The number of pyridine rings is 2. The number of aromatic nitrogens is 5. The molecule has 4 aromatic heterocycles. The molecule has 7 nitrogen and oxygen atoms in total. The van der Waals surface area contributed by atoms with Crippen LogP contribution in [0.2, 0.25) is 0 Å². The maximum Gasteiger partial charge on any atom is 0.234 e. The third kappa shape index (κ3) is 5.55. The Balaban J connectivity index is 1.23. The molecule has 0 N–H and O–H groups in total. The van der Waals surface area contributed by atoms with Crippen LogP contribution in [-0.2, 0) is 0 Å². The lowest BCUT2D eigenvalue weighted by atomic mass is 10.1. The van der Waals surface area contributed by atoms with Crippen molar-refractivity contribution in [1.29, 1.82) is 0 Å². The standard InChI is InChI=1S/C40H29N5O2/c1-26-25-43-40(44-27(26)2)45-38-23-32(46-30-11-7-9-28(21-30)36-13-3-5-19-41-36)15-17-34(38)35-18-16-33(24-39(35)45)47-31-12-8-10-29(22-31)37-14-4-6-20-42-37/h3-25H,1-2H3/i1D3. The zero-order chi connectivity index (χ0) is 34.2. The van der Waals surface area contributed by atoms with Crippen LogP contribution < -0.4 is 9.47 Å². The topological polar surface area (TPSA) is 75.0 Å². The van der Waals surface area contributed by atoms with E-state index in [4.69, 9.17) is 18.6 Å². The molecule has 7 heteroatoms. The van der Waals surface area contributed by atoms with Crippen molar-refractivity contribution in [2.75, 3.05) is 0 Å². The normalized spacial score (nSPS) is 12.4. The average Bonchev–Trinajstić information content (AvgIpc) is 3.45. The molecule has 0 fully saturated rings. The minimum absolute atomic E-state index is 0.107. The van der Waals surface area contributed by atoms with Gasteiger partial charge in [0.05, 0.1) is 22.4 Å². The number of nitrogens with zero attached hydrogens (tertiary/aromatic N) is 5. The van der Waals surface area contributed by atoms with Gasteiger partial charge in [0.15, 0.2) is 0 Å². The first-order chi connectivity index (χ1) is 24.3. The molecule has 0 aliphatic rings. The monoisotopic (exact) mass is 614 g/mol. The van der Waals surface area contributed by atoms with Gasteiger partial charge in [-0.3, -0.25) is 14.5 Å². The molecule has 0 atom stereocenters. The van der Waals surface area contributed by atoms with Crippen molar-refractivity contribution in [2.45, 2.75) is 13.8 Å². The van der Waals surface area contributed by atoms with Crippen LogP contribution in [0.4, 0.5) is 0 Å². The average molecular weight is 615 g/mol. The largest absolute Gasteiger partial charge is 0.457 e. The molecule has 0 amide bonds. The number of ether oxygens (including phenoxy) is 2. The van der Waals surface area contributed by atoms with E-state index in [1.165, 1.54) is 6.20 Å². The van der Waals surface area contributed by atoms with Gasteiger partial charge in [-0.05, 0) is 92.1 Å². The van der Waals surface area contributed by atoms with Gasteiger partial charge in [-0.2, -0.15) is 0 Å². The SMILES string of the molecule is [2H]C([2H])([2H])c1cnc(-n2c3cc(Oc4cccc(-c5ccccn5)c4)ccc3c3ccc(Oc4cccc(-c5ccccn5)c4)cc32)nc1C. The molecule has 0 radical (unpaired) electrons. The van der Waals surface area contributed by atoms with Crippen LogP contribution in [0.1, 0.15) is 15.4 Å². The number of hydrogen-bond acceptors (Lipinski definition) is 6. The molecule has 0 saturated carbocycles. The number of hydrogen-bond donors (Lipinski definition) is 0. The summed E-state index contributed by atoms with van der Waals surface area (Å²) < 4.78 is 38.5. The summed E-state index contributed by atoms with van der Waals surface area (Å²) >= 11 is 0. The van der Waals surface area contributed by atoms with Crippen LogP contribution in [0.3, 0.4) is 0 Å². The third-order valence-corrected chi connectivity index (χ3v) is 7.94. The molecule has 226 valence electrons. The maximum absolute atomic E-state index is 7.94. The second-order valence-electron chi connectivity index (χ2n) is 11.1. The zero-order valence-electron chi connectivity index (χ0n) is 28.3. The van der Waals surface area contributed by atoms with E-state index >= 15 is 0 Å². The van der Waals surface area contributed by atoms with Crippen LogP contribution >= 0.6 is 0 Å². The maximum atomic E-state index is 7.94. The van der Waals surface area contributed by atoms with Gasteiger partial charge in [-0.15, -0.1) is 0 Å². The third-order valence-electron chi connectivity index (χ3n) is 7.94. The predicted octanol–water partition coefficient (Wildman–Crippen LogP) is 9.90. The van der Waals surface area contributed by atoms with Crippen molar-refractivity contribution >= 4 is 21.8 Å². The van der Waals surface area contributed by atoms with Gasteiger partial charge in [0.25, 0.3) is 0 Å². The summed E-state index contributed by atoms with van der Waals surface area (Å²) in [5, 5.41) is 1.89. The Morgan fingerprint density at radius 3 is 1.62 bits per heavy atom. The highest BCUT2D eigenvalue weighted by atomic mass is 16.5. The van der Waals surface area contributed by atoms with Crippen LogP contribution in [-0.4, -0.2) is 24.5 Å². The molecule has 8 rings (SSSR count). The van der Waals surface area contributed by atoms with Crippen molar-refractivity contribution in [3.05, 3.63) is 151 Å². The first kappa shape index (κ1) is 24.9. The highest BCUT2D eigenvalue weighted by molar-refractivity contribution is 6.09. The van der Waals surface area contributed by atoms with Gasteiger partial charge >= 0.3 is 0 Å². The number of aryl methyl sites for hydroxylation is 2. The fourth-order valence-corrected chi connectivity index (χ4v) is 5.66. The number of rotatable bonds is 7. The zero-order valence-corrected chi connectivity index (χ0v) is 25.3. The van der Waals surface area contributed by atoms with E-state index in [1.54, 1.807) is 19.3 Å². The van der Waals surface area contributed by atoms with Crippen LogP contribution in [0, 0.1) is 13.8 Å². The van der Waals surface area contributed by atoms with Gasteiger partial charge in [0, 0.05) is 62.4 Å². The lowest BCUT2D eigenvalue weighted by molar-refractivity contribution is 0.483. The molecule has 8 aromatic rings. The summed E-state index contributed by atoms with van der Waals surface area (Å²) in [6.45, 7) is -0.647. The minimum atomic E-state index is -2.33. The number of fused-ring (bicyclic) bond motifs is 3. The van der Waals surface area contributed by atoms with Crippen molar-refractivity contribution < 1.29 is 13.6 Å². The van der Waals surface area contributed by atoms with E-state index < -0.39 is 6.85 Å². The molecule has 0 saturated heterocycles. The van der Waals surface area contributed by atoms with E-state index in [-0.39, 0.29) is 5.56 Å². The molecule has 0 bridgehead atoms. The molecule has 0 aliphatic carbocycles. The fourth-order valence-electron chi connectivity index (χ4n) is 5.66. The first-order valence-electron chi connectivity index (χ1n) is 16.6. The Morgan fingerprint density at radius 2 is 1.13 bits per heavy atom. The molecular weight excluding hydrogens is 582 g/mol. The van der Waals surface area contributed by atoms with Crippen molar-refractivity contribution in [2.24, 2.45) is 0 Å². The second-order valence-corrected chi connectivity index (χ2v) is 11.1. The second kappa shape index (κ2) is 11.9. The summed E-state index contributed by atoms with van der Waals surface area (Å²) in [5.41, 5.74) is 5.64. The van der Waals surface area contributed by atoms with Crippen molar-refractivity contribution in [3.8, 4) is 51.5 Å². The van der Waals surface area contributed by atoms with Crippen molar-refractivity contribution in [1.82, 2.24) is 24.5 Å². The van der Waals surface area contributed by atoms with Gasteiger partial charge in [-0.25, -0.2) is 9.97 Å². The summed E-state index contributed by atoms with van der Waals surface area (Å²) in [4.78, 5) is 18.2. The van der Waals surface area contributed by atoms with E-state index in [2.05, 4.69) is 15.0 Å². The molecule has 4 heterocycles. The Kier molecular flexibility index (Phi) is 6.29. The Labute approximate surface area is 276 Å². The van der Waals surface area contributed by atoms with Crippen LogP contribution in [0.5, 0.6) is 23.0 Å². The highest BCUT2D eigenvalue weighted by Crippen LogP contribution is 2.38. The molecule has 0 aliphatic heterocycles.